The summed E-state index contributed by atoms with van der Waals surface area (Å²) in [6.07, 6.45) is 5.62. The van der Waals surface area contributed by atoms with E-state index < -0.39 is 0 Å². The third-order valence-electron chi connectivity index (χ3n) is 2.65. The number of rotatable bonds is 2. The lowest BCUT2D eigenvalue weighted by Crippen LogP contribution is -2.25. The first-order chi connectivity index (χ1) is 6.42. The molecule has 1 atom stereocenters. The maximum Gasteiger partial charge on any atom is 0.0605 e. The van der Waals surface area contributed by atoms with E-state index in [1.807, 2.05) is 12.3 Å². The molecular weight excluding hydrogens is 160 g/mol. The minimum absolute atomic E-state index is 0.495. The molecule has 0 spiro atoms. The van der Waals surface area contributed by atoms with Gasteiger partial charge < -0.3 is 5.32 Å². The van der Waals surface area contributed by atoms with E-state index in [0.717, 1.165) is 6.54 Å². The molecule has 2 nitrogen and oxygen atoms in total. The number of nitrogens with one attached hydrogen (secondary N) is 1. The molecule has 0 aliphatic heterocycles. The number of hydrogen-bond acceptors (Lipinski definition) is 2. The van der Waals surface area contributed by atoms with E-state index >= 15 is 0 Å². The smallest absolute Gasteiger partial charge is 0.0605 e. The Morgan fingerprint density at radius 1 is 1.62 bits per heavy atom. The fourth-order valence-corrected chi connectivity index (χ4v) is 2.05. The first-order valence-electron chi connectivity index (χ1n) is 5.09. The number of aryl methyl sites for hydroxylation is 1. The highest BCUT2D eigenvalue weighted by Crippen LogP contribution is 2.27. The van der Waals surface area contributed by atoms with Crippen molar-refractivity contribution in [1.29, 1.82) is 0 Å². The van der Waals surface area contributed by atoms with Gasteiger partial charge in [0.15, 0.2) is 0 Å². The molecule has 0 fully saturated rings. The molecule has 70 valence electrons. The van der Waals surface area contributed by atoms with Crippen LogP contribution in [-0.2, 0) is 6.42 Å². The van der Waals surface area contributed by atoms with Crippen LogP contribution >= 0.6 is 0 Å². The number of hydrogen-bond donors (Lipinski definition) is 1. The lowest BCUT2D eigenvalue weighted by molar-refractivity contribution is 0.460. The standard InChI is InChI=1S/C11H16N2/c1-2-12-10-7-3-5-9-6-4-8-13-11(9)10/h4,6,8,10,12H,2-3,5,7H2,1H3. The molecule has 2 heteroatoms. The van der Waals surface area contributed by atoms with Crippen molar-refractivity contribution in [2.45, 2.75) is 32.2 Å². The number of fused-ring (bicyclic) bond motifs is 1. The number of pyridine rings is 1. The highest BCUT2D eigenvalue weighted by Gasteiger charge is 2.19. The van der Waals surface area contributed by atoms with Crippen LogP contribution in [0.3, 0.4) is 0 Å². The Bertz CT molecular complexity index is 283. The Hall–Kier alpha value is -0.890. The molecule has 1 aliphatic carbocycles. The van der Waals surface area contributed by atoms with Crippen molar-refractivity contribution >= 4 is 0 Å². The summed E-state index contributed by atoms with van der Waals surface area (Å²) in [5, 5.41) is 3.48. The summed E-state index contributed by atoms with van der Waals surface area (Å²) in [7, 11) is 0. The fraction of sp³-hybridized carbons (Fsp3) is 0.545. The number of nitrogens with zero attached hydrogens (tertiary/aromatic N) is 1. The van der Waals surface area contributed by atoms with Gasteiger partial charge in [-0.3, -0.25) is 4.98 Å². The first kappa shape index (κ1) is 8.70. The van der Waals surface area contributed by atoms with Gasteiger partial charge in [0.05, 0.1) is 5.69 Å². The highest BCUT2D eigenvalue weighted by atomic mass is 14.9. The van der Waals surface area contributed by atoms with Gasteiger partial charge in [-0.1, -0.05) is 13.0 Å². The van der Waals surface area contributed by atoms with E-state index in [0.29, 0.717) is 6.04 Å². The quantitative estimate of drug-likeness (QED) is 0.746. The molecule has 0 amide bonds. The van der Waals surface area contributed by atoms with Gasteiger partial charge in [0.2, 0.25) is 0 Å². The van der Waals surface area contributed by atoms with Gasteiger partial charge in [0.25, 0.3) is 0 Å². The summed E-state index contributed by atoms with van der Waals surface area (Å²) in [5.41, 5.74) is 2.70. The second-order valence-electron chi connectivity index (χ2n) is 3.55. The summed E-state index contributed by atoms with van der Waals surface area (Å²) >= 11 is 0. The predicted octanol–water partition coefficient (Wildman–Crippen LogP) is 2.07. The van der Waals surface area contributed by atoms with Gasteiger partial charge in [-0.25, -0.2) is 0 Å². The molecule has 2 rings (SSSR count). The average molecular weight is 176 g/mol. The van der Waals surface area contributed by atoms with Gasteiger partial charge in [-0.2, -0.15) is 0 Å². The Morgan fingerprint density at radius 3 is 3.38 bits per heavy atom. The normalized spacial score (nSPS) is 21.2. The summed E-state index contributed by atoms with van der Waals surface area (Å²) in [5.74, 6) is 0. The molecule has 0 bridgehead atoms. The lowest BCUT2D eigenvalue weighted by Gasteiger charge is -2.24. The van der Waals surface area contributed by atoms with Crippen LogP contribution in [0.25, 0.3) is 0 Å². The zero-order valence-electron chi connectivity index (χ0n) is 8.09. The van der Waals surface area contributed by atoms with E-state index in [2.05, 4.69) is 23.3 Å². The van der Waals surface area contributed by atoms with Crippen LogP contribution in [0.4, 0.5) is 0 Å². The molecular formula is C11H16N2. The summed E-state index contributed by atoms with van der Waals surface area (Å²) in [6.45, 7) is 3.18. The molecule has 0 aromatic carbocycles. The summed E-state index contributed by atoms with van der Waals surface area (Å²) in [4.78, 5) is 4.46. The Balaban J connectivity index is 2.26. The second-order valence-corrected chi connectivity index (χ2v) is 3.55. The van der Waals surface area contributed by atoms with E-state index in [-0.39, 0.29) is 0 Å². The molecule has 1 aliphatic rings. The van der Waals surface area contributed by atoms with Crippen LogP contribution in [0.2, 0.25) is 0 Å². The average Bonchev–Trinajstić information content (AvgIpc) is 2.19. The van der Waals surface area contributed by atoms with Gasteiger partial charge in [0, 0.05) is 12.2 Å². The summed E-state index contributed by atoms with van der Waals surface area (Å²) in [6, 6.07) is 4.73. The van der Waals surface area contributed by atoms with E-state index in [1.54, 1.807) is 0 Å². The molecule has 0 saturated carbocycles. The molecule has 13 heavy (non-hydrogen) atoms. The second kappa shape index (κ2) is 3.88. The van der Waals surface area contributed by atoms with Crippen LogP contribution < -0.4 is 5.32 Å². The van der Waals surface area contributed by atoms with Crippen LogP contribution in [0.15, 0.2) is 18.3 Å². The van der Waals surface area contributed by atoms with Crippen molar-refractivity contribution in [3.05, 3.63) is 29.6 Å². The Kier molecular flexibility index (Phi) is 2.60. The van der Waals surface area contributed by atoms with Gasteiger partial charge in [0.1, 0.15) is 0 Å². The monoisotopic (exact) mass is 176 g/mol. The summed E-state index contributed by atoms with van der Waals surface area (Å²) < 4.78 is 0. The maximum absolute atomic E-state index is 4.46. The largest absolute Gasteiger partial charge is 0.309 e. The first-order valence-corrected chi connectivity index (χ1v) is 5.09. The molecule has 1 heterocycles. The van der Waals surface area contributed by atoms with Crippen molar-refractivity contribution in [2.75, 3.05) is 6.54 Å². The van der Waals surface area contributed by atoms with Crippen molar-refractivity contribution in [1.82, 2.24) is 10.3 Å². The van der Waals surface area contributed by atoms with Crippen molar-refractivity contribution in [3.8, 4) is 0 Å². The molecule has 1 N–H and O–H groups in total. The molecule has 1 aromatic rings. The van der Waals surface area contributed by atoms with Crippen LogP contribution in [0, 0.1) is 0 Å². The topological polar surface area (TPSA) is 24.9 Å². The van der Waals surface area contributed by atoms with Crippen molar-refractivity contribution in [3.63, 3.8) is 0 Å². The zero-order valence-corrected chi connectivity index (χ0v) is 8.09. The van der Waals surface area contributed by atoms with Gasteiger partial charge in [-0.05, 0) is 37.4 Å². The zero-order chi connectivity index (χ0) is 9.10. The maximum atomic E-state index is 4.46. The highest BCUT2D eigenvalue weighted by molar-refractivity contribution is 5.25. The molecule has 1 aromatic heterocycles. The molecule has 0 radical (unpaired) electrons. The lowest BCUT2D eigenvalue weighted by atomic mass is 9.92. The number of aromatic nitrogens is 1. The minimum Gasteiger partial charge on any atom is -0.309 e. The Labute approximate surface area is 79.4 Å². The van der Waals surface area contributed by atoms with E-state index in [9.17, 15) is 0 Å². The third kappa shape index (κ3) is 1.73. The van der Waals surface area contributed by atoms with Crippen LogP contribution in [0.5, 0.6) is 0 Å². The van der Waals surface area contributed by atoms with Gasteiger partial charge in [-0.15, -0.1) is 0 Å². The molecule has 0 saturated heterocycles. The minimum atomic E-state index is 0.495. The van der Waals surface area contributed by atoms with Crippen LogP contribution in [0.1, 0.15) is 37.1 Å². The van der Waals surface area contributed by atoms with E-state index in [4.69, 9.17) is 0 Å². The van der Waals surface area contributed by atoms with E-state index in [1.165, 1.54) is 30.5 Å². The fourth-order valence-electron chi connectivity index (χ4n) is 2.05. The van der Waals surface area contributed by atoms with Crippen molar-refractivity contribution in [2.24, 2.45) is 0 Å². The SMILES string of the molecule is CCNC1CCCc2cccnc21. The van der Waals surface area contributed by atoms with Gasteiger partial charge >= 0.3 is 0 Å². The Morgan fingerprint density at radius 2 is 2.54 bits per heavy atom. The van der Waals surface area contributed by atoms with Crippen molar-refractivity contribution < 1.29 is 0 Å². The molecule has 1 unspecified atom stereocenters. The predicted molar refractivity (Wildman–Crippen MR) is 53.6 cm³/mol. The third-order valence-corrected chi connectivity index (χ3v) is 2.65. The van der Waals surface area contributed by atoms with Crippen LogP contribution in [-0.4, -0.2) is 11.5 Å².